The molecular formula is C20H19N7O3. The quantitative estimate of drug-likeness (QED) is 0.508. The number of benzene rings is 1. The molecule has 1 N–H and O–H groups in total. The zero-order valence-electron chi connectivity index (χ0n) is 16.0. The van der Waals surface area contributed by atoms with Gasteiger partial charge in [0, 0.05) is 50.1 Å². The molecule has 10 heteroatoms. The molecule has 0 radical (unpaired) electrons. The maximum Gasteiger partial charge on any atom is 0.269 e. The summed E-state index contributed by atoms with van der Waals surface area (Å²) in [4.78, 5) is 30.8. The smallest absolute Gasteiger partial charge is 0.269 e. The van der Waals surface area contributed by atoms with Crippen LogP contribution in [0.1, 0.15) is 10.4 Å². The molecule has 1 saturated heterocycles. The summed E-state index contributed by atoms with van der Waals surface area (Å²) in [7, 11) is 0. The van der Waals surface area contributed by atoms with Crippen molar-refractivity contribution in [3.8, 4) is 0 Å². The molecule has 1 aliphatic rings. The van der Waals surface area contributed by atoms with Gasteiger partial charge in [-0.1, -0.05) is 0 Å². The van der Waals surface area contributed by atoms with Crippen LogP contribution in [0.3, 0.4) is 0 Å². The van der Waals surface area contributed by atoms with Gasteiger partial charge in [-0.3, -0.25) is 19.9 Å². The molecule has 0 aliphatic carbocycles. The lowest BCUT2D eigenvalue weighted by atomic mass is 10.1. The number of carbonyl (C=O) groups excluding carboxylic acids is 1. The van der Waals surface area contributed by atoms with E-state index >= 15 is 0 Å². The first-order valence-corrected chi connectivity index (χ1v) is 9.39. The molecule has 3 aromatic rings. The van der Waals surface area contributed by atoms with Gasteiger partial charge in [0.15, 0.2) is 11.6 Å². The summed E-state index contributed by atoms with van der Waals surface area (Å²) in [6.45, 7) is 2.33. The number of hydrogen-bond donors (Lipinski definition) is 1. The second-order valence-electron chi connectivity index (χ2n) is 6.73. The average Bonchev–Trinajstić information content (AvgIpc) is 2.80. The molecule has 152 valence electrons. The maximum absolute atomic E-state index is 12.6. The molecule has 2 aromatic heterocycles. The molecule has 0 atom stereocenters. The molecule has 10 nitrogen and oxygen atoms in total. The molecule has 0 unspecified atom stereocenters. The fraction of sp³-hybridized carbons (Fsp3) is 0.200. The number of piperazine rings is 1. The lowest BCUT2D eigenvalue weighted by molar-refractivity contribution is -0.384. The third-order valence-electron chi connectivity index (χ3n) is 4.80. The number of anilines is 3. The van der Waals surface area contributed by atoms with Crippen molar-refractivity contribution in [1.82, 2.24) is 20.1 Å². The van der Waals surface area contributed by atoms with E-state index in [1.54, 1.807) is 17.3 Å². The van der Waals surface area contributed by atoms with Crippen molar-refractivity contribution in [2.75, 3.05) is 36.4 Å². The summed E-state index contributed by atoms with van der Waals surface area (Å²) in [5, 5.41) is 22.4. The lowest BCUT2D eigenvalue weighted by Crippen LogP contribution is -2.49. The number of nitrogens with zero attached hydrogens (tertiary/aromatic N) is 6. The van der Waals surface area contributed by atoms with Crippen LogP contribution in [0.15, 0.2) is 60.9 Å². The van der Waals surface area contributed by atoms with Gasteiger partial charge in [-0.2, -0.15) is 0 Å². The minimum absolute atomic E-state index is 0.0311. The molecular weight excluding hydrogens is 386 g/mol. The molecule has 1 amide bonds. The Morgan fingerprint density at radius 2 is 1.77 bits per heavy atom. The molecule has 3 heterocycles. The van der Waals surface area contributed by atoms with Crippen LogP contribution in [0.2, 0.25) is 0 Å². The summed E-state index contributed by atoms with van der Waals surface area (Å²) in [6, 6.07) is 13.1. The van der Waals surface area contributed by atoms with E-state index in [9.17, 15) is 14.9 Å². The van der Waals surface area contributed by atoms with E-state index < -0.39 is 4.92 Å². The topological polar surface area (TPSA) is 117 Å². The van der Waals surface area contributed by atoms with Crippen molar-refractivity contribution in [3.63, 3.8) is 0 Å². The number of nitro benzene ring substituents is 1. The van der Waals surface area contributed by atoms with Crippen LogP contribution >= 0.6 is 0 Å². The maximum atomic E-state index is 12.6. The second kappa shape index (κ2) is 8.52. The van der Waals surface area contributed by atoms with E-state index in [4.69, 9.17) is 0 Å². The molecule has 4 rings (SSSR count). The SMILES string of the molecule is O=C(c1ccc([N+](=O)[O-])cc1)N1CCN(c2ccc(Nc3cccnc3)nn2)CC1. The fourth-order valence-corrected chi connectivity index (χ4v) is 3.19. The van der Waals surface area contributed by atoms with Crippen LogP contribution in [0.5, 0.6) is 0 Å². The van der Waals surface area contributed by atoms with Crippen molar-refractivity contribution < 1.29 is 9.72 Å². The molecule has 0 spiro atoms. The number of nitro groups is 1. The highest BCUT2D eigenvalue weighted by Crippen LogP contribution is 2.19. The number of non-ortho nitro benzene ring substituents is 1. The van der Waals surface area contributed by atoms with Crippen LogP contribution in [0, 0.1) is 10.1 Å². The average molecular weight is 405 g/mol. The predicted octanol–water partition coefficient (Wildman–Crippen LogP) is 2.49. The van der Waals surface area contributed by atoms with E-state index in [2.05, 4.69) is 25.4 Å². The van der Waals surface area contributed by atoms with Crippen LogP contribution in [-0.2, 0) is 0 Å². The molecule has 30 heavy (non-hydrogen) atoms. The van der Waals surface area contributed by atoms with Crippen LogP contribution < -0.4 is 10.2 Å². The molecule has 1 fully saturated rings. The Bertz CT molecular complexity index is 1020. The highest BCUT2D eigenvalue weighted by molar-refractivity contribution is 5.94. The van der Waals surface area contributed by atoms with Gasteiger partial charge >= 0.3 is 0 Å². The number of rotatable bonds is 5. The summed E-state index contributed by atoms with van der Waals surface area (Å²) in [5.74, 6) is 1.24. The number of amides is 1. The van der Waals surface area contributed by atoms with Crippen molar-refractivity contribution in [3.05, 3.63) is 76.6 Å². The van der Waals surface area contributed by atoms with Gasteiger partial charge in [-0.25, -0.2) is 0 Å². The monoisotopic (exact) mass is 405 g/mol. The zero-order chi connectivity index (χ0) is 20.9. The standard InChI is InChI=1S/C20H19N7O3/c28-20(15-3-5-17(6-4-15)27(29)30)26-12-10-25(11-13-26)19-8-7-18(23-24-19)22-16-2-1-9-21-14-16/h1-9,14H,10-13H2,(H,22,23). The summed E-state index contributed by atoms with van der Waals surface area (Å²) in [6.07, 6.45) is 3.41. The Morgan fingerprint density at radius 3 is 2.37 bits per heavy atom. The Morgan fingerprint density at radius 1 is 1.00 bits per heavy atom. The molecule has 1 aromatic carbocycles. The second-order valence-corrected chi connectivity index (χ2v) is 6.73. The highest BCUT2D eigenvalue weighted by atomic mass is 16.6. The number of aromatic nitrogens is 3. The van der Waals surface area contributed by atoms with Gasteiger partial charge in [0.1, 0.15) is 0 Å². The van der Waals surface area contributed by atoms with Gasteiger partial charge in [-0.05, 0) is 36.4 Å². The Hall–Kier alpha value is -4.08. The van der Waals surface area contributed by atoms with E-state index in [-0.39, 0.29) is 11.6 Å². The van der Waals surface area contributed by atoms with Gasteiger partial charge in [0.2, 0.25) is 0 Å². The van der Waals surface area contributed by atoms with E-state index in [0.29, 0.717) is 37.6 Å². The fourth-order valence-electron chi connectivity index (χ4n) is 3.19. The number of carbonyl (C=O) groups is 1. The van der Waals surface area contributed by atoms with Crippen LogP contribution in [0.4, 0.5) is 23.0 Å². The zero-order valence-corrected chi connectivity index (χ0v) is 16.0. The number of pyridine rings is 1. The Labute approximate surface area is 172 Å². The molecule has 1 aliphatic heterocycles. The van der Waals surface area contributed by atoms with Gasteiger partial charge in [0.25, 0.3) is 11.6 Å². The summed E-state index contributed by atoms with van der Waals surface area (Å²) >= 11 is 0. The third-order valence-corrected chi connectivity index (χ3v) is 4.80. The van der Waals surface area contributed by atoms with Crippen molar-refractivity contribution in [2.24, 2.45) is 0 Å². The summed E-state index contributed by atoms with van der Waals surface area (Å²) in [5.41, 5.74) is 1.24. The number of nitrogens with one attached hydrogen (secondary N) is 1. The van der Waals surface area contributed by atoms with E-state index in [1.807, 2.05) is 24.3 Å². The minimum atomic E-state index is -0.481. The summed E-state index contributed by atoms with van der Waals surface area (Å²) < 4.78 is 0. The predicted molar refractivity (Wildman–Crippen MR) is 111 cm³/mol. The van der Waals surface area contributed by atoms with Crippen molar-refractivity contribution in [2.45, 2.75) is 0 Å². The first-order chi connectivity index (χ1) is 14.6. The highest BCUT2D eigenvalue weighted by Gasteiger charge is 2.23. The molecule has 0 bridgehead atoms. The van der Waals surface area contributed by atoms with E-state index in [0.717, 1.165) is 11.5 Å². The minimum Gasteiger partial charge on any atom is -0.352 e. The Balaban J connectivity index is 1.33. The molecule has 0 saturated carbocycles. The van der Waals surface area contributed by atoms with Crippen LogP contribution in [-0.4, -0.2) is 57.1 Å². The van der Waals surface area contributed by atoms with Gasteiger partial charge in [-0.15, -0.1) is 10.2 Å². The van der Waals surface area contributed by atoms with Crippen LogP contribution in [0.25, 0.3) is 0 Å². The number of hydrogen-bond acceptors (Lipinski definition) is 8. The van der Waals surface area contributed by atoms with Crippen molar-refractivity contribution >= 4 is 28.9 Å². The first kappa shape index (κ1) is 19.2. The van der Waals surface area contributed by atoms with E-state index in [1.165, 1.54) is 24.3 Å². The Kier molecular flexibility index (Phi) is 5.46. The third kappa shape index (κ3) is 4.32. The normalized spacial score (nSPS) is 13.7. The van der Waals surface area contributed by atoms with Crippen molar-refractivity contribution in [1.29, 1.82) is 0 Å². The largest absolute Gasteiger partial charge is 0.352 e. The first-order valence-electron chi connectivity index (χ1n) is 9.39. The van der Waals surface area contributed by atoms with Gasteiger partial charge < -0.3 is 15.1 Å². The lowest BCUT2D eigenvalue weighted by Gasteiger charge is -2.35. The van der Waals surface area contributed by atoms with Gasteiger partial charge in [0.05, 0.1) is 16.8 Å².